The Balaban J connectivity index is 1.35. The molecule has 2 aliphatic rings. The summed E-state index contributed by atoms with van der Waals surface area (Å²) in [4.78, 5) is 27.3. The minimum atomic E-state index is -0.186. The van der Waals surface area contributed by atoms with Gasteiger partial charge in [-0.05, 0) is 55.7 Å². The molecular weight excluding hydrogens is 406 g/mol. The smallest absolute Gasteiger partial charge is 0.267 e. The molecule has 0 N–H and O–H groups in total. The molecular formula is C25H25N3O4. The number of rotatable bonds is 6. The molecule has 0 bridgehead atoms. The Morgan fingerprint density at radius 2 is 1.81 bits per heavy atom. The molecule has 1 aliphatic heterocycles. The van der Waals surface area contributed by atoms with Gasteiger partial charge >= 0.3 is 0 Å². The van der Waals surface area contributed by atoms with E-state index < -0.39 is 0 Å². The number of hydrogen-bond acceptors (Lipinski definition) is 5. The van der Waals surface area contributed by atoms with Gasteiger partial charge in [0, 0.05) is 24.7 Å². The number of likely N-dealkylation sites (tertiary alicyclic amines) is 1. The second-order valence-electron chi connectivity index (χ2n) is 8.38. The highest BCUT2D eigenvalue weighted by Crippen LogP contribution is 2.32. The van der Waals surface area contributed by atoms with Crippen LogP contribution in [0.3, 0.4) is 0 Å². The van der Waals surface area contributed by atoms with Gasteiger partial charge in [0.15, 0.2) is 0 Å². The quantitative estimate of drug-likeness (QED) is 0.598. The Morgan fingerprint density at radius 3 is 2.56 bits per heavy atom. The van der Waals surface area contributed by atoms with Crippen LogP contribution in [0.25, 0.3) is 11.3 Å². The van der Waals surface area contributed by atoms with E-state index in [1.54, 1.807) is 24.1 Å². The number of hydrogen-bond donors (Lipinski definition) is 0. The molecule has 0 radical (unpaired) electrons. The van der Waals surface area contributed by atoms with Crippen molar-refractivity contribution in [2.24, 2.45) is 0 Å². The monoisotopic (exact) mass is 431 g/mol. The fraction of sp³-hybridized carbons (Fsp3) is 0.320. The first-order chi connectivity index (χ1) is 15.5. The van der Waals surface area contributed by atoms with Crippen LogP contribution >= 0.6 is 0 Å². The fourth-order valence-corrected chi connectivity index (χ4v) is 3.90. The molecule has 7 nitrogen and oxygen atoms in total. The van der Waals surface area contributed by atoms with E-state index >= 15 is 0 Å². The van der Waals surface area contributed by atoms with Gasteiger partial charge < -0.3 is 14.4 Å². The Hall–Kier alpha value is -3.61. The van der Waals surface area contributed by atoms with Crippen LogP contribution in [0.4, 0.5) is 0 Å². The average Bonchev–Trinajstić information content (AvgIpc) is 3.58. The maximum absolute atomic E-state index is 13.0. The second-order valence-corrected chi connectivity index (χ2v) is 8.38. The summed E-state index contributed by atoms with van der Waals surface area (Å²) in [7, 11) is 1.62. The van der Waals surface area contributed by atoms with E-state index in [0.29, 0.717) is 35.8 Å². The maximum atomic E-state index is 13.0. The number of aryl methyl sites for hydroxylation is 1. The molecule has 2 aromatic carbocycles. The molecule has 3 aromatic rings. The van der Waals surface area contributed by atoms with Crippen LogP contribution in [0.15, 0.2) is 59.4 Å². The van der Waals surface area contributed by atoms with E-state index in [4.69, 9.17) is 9.47 Å². The van der Waals surface area contributed by atoms with Crippen LogP contribution in [-0.4, -0.2) is 46.9 Å². The number of methoxy groups -OCH3 is 1. The minimum absolute atomic E-state index is 0.0816. The van der Waals surface area contributed by atoms with E-state index in [2.05, 4.69) is 5.10 Å². The number of amides is 1. The molecule has 0 unspecified atom stereocenters. The van der Waals surface area contributed by atoms with Crippen LogP contribution in [0.1, 0.15) is 34.8 Å². The Kier molecular flexibility index (Phi) is 5.17. The minimum Gasteiger partial charge on any atom is -0.496 e. The number of ether oxygens (including phenoxy) is 2. The highest BCUT2D eigenvalue weighted by Gasteiger charge is 2.35. The normalized spacial score (nSPS) is 15.9. The van der Waals surface area contributed by atoms with E-state index in [0.717, 1.165) is 24.0 Å². The lowest BCUT2D eigenvalue weighted by molar-refractivity contribution is 0.0489. The Labute approximate surface area is 186 Å². The zero-order chi connectivity index (χ0) is 22.2. The topological polar surface area (TPSA) is 73.7 Å². The lowest BCUT2D eigenvalue weighted by Crippen LogP contribution is -2.53. The molecule has 1 aromatic heterocycles. The van der Waals surface area contributed by atoms with Gasteiger partial charge in [-0.1, -0.05) is 18.2 Å². The average molecular weight is 431 g/mol. The second kappa shape index (κ2) is 8.15. The van der Waals surface area contributed by atoms with Gasteiger partial charge in [0.1, 0.15) is 11.5 Å². The first-order valence-electron chi connectivity index (χ1n) is 10.8. The fourth-order valence-electron chi connectivity index (χ4n) is 3.90. The molecule has 2 fully saturated rings. The van der Waals surface area contributed by atoms with E-state index in [1.807, 2.05) is 43.3 Å². The van der Waals surface area contributed by atoms with E-state index in [1.165, 1.54) is 10.7 Å². The lowest BCUT2D eigenvalue weighted by atomic mass is 10.1. The van der Waals surface area contributed by atoms with Gasteiger partial charge in [-0.3, -0.25) is 9.59 Å². The molecule has 0 spiro atoms. The van der Waals surface area contributed by atoms with Crippen molar-refractivity contribution in [1.82, 2.24) is 14.7 Å². The van der Waals surface area contributed by atoms with Crippen molar-refractivity contribution >= 4 is 5.91 Å². The van der Waals surface area contributed by atoms with Crippen LogP contribution in [0, 0.1) is 6.92 Å². The summed E-state index contributed by atoms with van der Waals surface area (Å²) < 4.78 is 12.9. The highest BCUT2D eigenvalue weighted by atomic mass is 16.5. The van der Waals surface area contributed by atoms with Crippen molar-refractivity contribution in [3.63, 3.8) is 0 Å². The van der Waals surface area contributed by atoms with Crippen molar-refractivity contribution in [1.29, 1.82) is 0 Å². The van der Waals surface area contributed by atoms with E-state index in [-0.39, 0.29) is 23.6 Å². The van der Waals surface area contributed by atoms with E-state index in [9.17, 15) is 9.59 Å². The lowest BCUT2D eigenvalue weighted by Gasteiger charge is -2.39. The summed E-state index contributed by atoms with van der Waals surface area (Å²) in [6, 6.07) is 16.3. The number of para-hydroxylation sites is 1. The largest absolute Gasteiger partial charge is 0.496 e. The summed E-state index contributed by atoms with van der Waals surface area (Å²) >= 11 is 0. The van der Waals surface area contributed by atoms with Gasteiger partial charge in [0.25, 0.3) is 11.5 Å². The predicted octanol–water partition coefficient (Wildman–Crippen LogP) is 3.47. The van der Waals surface area contributed by atoms with Crippen molar-refractivity contribution in [3.8, 4) is 22.8 Å². The third kappa shape index (κ3) is 3.86. The third-order valence-corrected chi connectivity index (χ3v) is 5.89. The molecule has 32 heavy (non-hydrogen) atoms. The van der Waals surface area contributed by atoms with Gasteiger partial charge in [-0.15, -0.1) is 0 Å². The van der Waals surface area contributed by atoms with Crippen molar-refractivity contribution in [2.45, 2.75) is 31.9 Å². The van der Waals surface area contributed by atoms with Crippen molar-refractivity contribution in [3.05, 3.63) is 76.1 Å². The van der Waals surface area contributed by atoms with Gasteiger partial charge in [0.2, 0.25) is 0 Å². The summed E-state index contributed by atoms with van der Waals surface area (Å²) in [5, 5.41) is 4.60. The number of nitrogens with zero attached hydrogens (tertiary/aromatic N) is 3. The van der Waals surface area contributed by atoms with Gasteiger partial charge in [0.05, 0.1) is 30.5 Å². The first kappa shape index (κ1) is 20.3. The van der Waals surface area contributed by atoms with Gasteiger partial charge in [-0.25, -0.2) is 4.68 Å². The third-order valence-electron chi connectivity index (χ3n) is 5.89. The first-order valence-corrected chi connectivity index (χ1v) is 10.8. The SMILES string of the molecule is COc1cc(C)ccc1-c1ccc(=O)n(C2CN(C(=O)c3ccccc3OC3CC3)C2)n1. The predicted molar refractivity (Wildman–Crippen MR) is 120 cm³/mol. The van der Waals surface area contributed by atoms with Gasteiger partial charge in [-0.2, -0.15) is 5.10 Å². The molecule has 2 heterocycles. The molecule has 7 heteroatoms. The zero-order valence-corrected chi connectivity index (χ0v) is 18.2. The number of carbonyl (C=O) groups is 1. The van der Waals surface area contributed by atoms with Crippen LogP contribution in [-0.2, 0) is 0 Å². The molecule has 5 rings (SSSR count). The number of carbonyl (C=O) groups excluding carboxylic acids is 1. The standard InChI is InChI=1S/C25H25N3O4/c1-16-7-10-19(23(13-16)31-2)21-11-12-24(29)28(26-21)17-14-27(15-17)25(30)20-5-3-4-6-22(20)32-18-8-9-18/h3-7,10-13,17-18H,8-9,14-15H2,1-2H3. The van der Waals surface area contributed by atoms with Crippen molar-refractivity contribution in [2.75, 3.05) is 20.2 Å². The summed E-state index contributed by atoms with van der Waals surface area (Å²) in [5.41, 5.74) is 2.95. The zero-order valence-electron chi connectivity index (χ0n) is 18.2. The molecule has 164 valence electrons. The summed E-state index contributed by atoms with van der Waals surface area (Å²) in [6.45, 7) is 2.85. The summed E-state index contributed by atoms with van der Waals surface area (Å²) in [5.74, 6) is 1.26. The Bertz CT molecular complexity index is 1230. The molecule has 0 atom stereocenters. The van der Waals surface area contributed by atoms with Crippen LogP contribution in [0.2, 0.25) is 0 Å². The molecule has 1 aliphatic carbocycles. The Morgan fingerprint density at radius 1 is 1.03 bits per heavy atom. The molecule has 1 saturated carbocycles. The van der Waals surface area contributed by atoms with Crippen molar-refractivity contribution < 1.29 is 14.3 Å². The summed E-state index contributed by atoms with van der Waals surface area (Å²) in [6.07, 6.45) is 2.29. The van der Waals surface area contributed by atoms with Crippen LogP contribution in [0.5, 0.6) is 11.5 Å². The maximum Gasteiger partial charge on any atom is 0.267 e. The molecule has 1 amide bonds. The highest BCUT2D eigenvalue weighted by molar-refractivity contribution is 5.97. The number of aromatic nitrogens is 2. The number of benzene rings is 2. The van der Waals surface area contributed by atoms with Crippen LogP contribution < -0.4 is 15.0 Å². The molecule has 1 saturated heterocycles.